The Labute approximate surface area is 120 Å². The number of hydrogen-bond acceptors (Lipinski definition) is 4. The number of unbranched alkanes of at least 4 members (excludes halogenated alkanes) is 3. The molecule has 0 radical (unpaired) electrons. The number of rotatable bonds is 7. The van der Waals surface area contributed by atoms with Crippen LogP contribution < -0.4 is 0 Å². The molecule has 0 aromatic rings. The Hall–Kier alpha value is -1.72. The van der Waals surface area contributed by atoms with Gasteiger partial charge in [-0.2, -0.15) is 0 Å². The molecular formula is C14H24N2O4. The van der Waals surface area contributed by atoms with Crippen LogP contribution in [0.4, 0.5) is 0 Å². The molecule has 114 valence electrons. The molecule has 0 spiro atoms. The zero-order valence-corrected chi connectivity index (χ0v) is 12.8. The second-order valence-electron chi connectivity index (χ2n) is 4.79. The third kappa shape index (κ3) is 7.01. The van der Waals surface area contributed by atoms with E-state index in [1.54, 1.807) is 0 Å². The Morgan fingerprint density at radius 2 is 0.800 bits per heavy atom. The molecule has 0 heterocycles. The quantitative estimate of drug-likeness (QED) is 0.661. The van der Waals surface area contributed by atoms with Gasteiger partial charge in [0.1, 0.15) is 0 Å². The molecule has 4 amide bonds. The minimum atomic E-state index is -0.239. The molecule has 0 aliphatic carbocycles. The van der Waals surface area contributed by atoms with Gasteiger partial charge in [0, 0.05) is 40.8 Å². The van der Waals surface area contributed by atoms with E-state index in [-0.39, 0.29) is 23.6 Å². The summed E-state index contributed by atoms with van der Waals surface area (Å²) < 4.78 is 0. The van der Waals surface area contributed by atoms with E-state index in [1.165, 1.54) is 37.5 Å². The fourth-order valence-corrected chi connectivity index (χ4v) is 1.97. The van der Waals surface area contributed by atoms with E-state index in [4.69, 9.17) is 0 Å². The molecule has 0 atom stereocenters. The van der Waals surface area contributed by atoms with Gasteiger partial charge in [-0.25, -0.2) is 0 Å². The highest BCUT2D eigenvalue weighted by Crippen LogP contribution is 2.05. The molecule has 20 heavy (non-hydrogen) atoms. The molecule has 0 aliphatic rings. The highest BCUT2D eigenvalue weighted by atomic mass is 16.2. The molecule has 0 saturated carbocycles. The number of carbonyl (C=O) groups is 4. The lowest BCUT2D eigenvalue weighted by atomic mass is 10.1. The van der Waals surface area contributed by atoms with E-state index < -0.39 is 0 Å². The lowest BCUT2D eigenvalue weighted by Gasteiger charge is -2.18. The summed E-state index contributed by atoms with van der Waals surface area (Å²) in [5.41, 5.74) is 0. The zero-order chi connectivity index (χ0) is 15.7. The summed E-state index contributed by atoms with van der Waals surface area (Å²) in [5, 5.41) is 0. The predicted octanol–water partition coefficient (Wildman–Crippen LogP) is 1.34. The second-order valence-corrected chi connectivity index (χ2v) is 4.79. The van der Waals surface area contributed by atoms with Crippen LogP contribution in [0, 0.1) is 0 Å². The molecule has 0 rings (SSSR count). The minimum Gasteiger partial charge on any atom is -0.283 e. The zero-order valence-electron chi connectivity index (χ0n) is 12.8. The SMILES string of the molecule is CC(=O)N(CCCCCCN(C(C)=O)C(C)=O)C(C)=O. The summed E-state index contributed by atoms with van der Waals surface area (Å²) in [7, 11) is 0. The van der Waals surface area contributed by atoms with Crippen LogP contribution in [-0.4, -0.2) is 46.5 Å². The highest BCUT2D eigenvalue weighted by molar-refractivity contribution is 5.93. The van der Waals surface area contributed by atoms with Crippen molar-refractivity contribution in [2.24, 2.45) is 0 Å². The third-order valence-electron chi connectivity index (χ3n) is 3.03. The van der Waals surface area contributed by atoms with Crippen LogP contribution in [0.5, 0.6) is 0 Å². The van der Waals surface area contributed by atoms with E-state index in [0.29, 0.717) is 13.1 Å². The summed E-state index contributed by atoms with van der Waals surface area (Å²) in [6.07, 6.45) is 3.17. The highest BCUT2D eigenvalue weighted by Gasteiger charge is 2.13. The number of carbonyl (C=O) groups excluding carboxylic acids is 4. The van der Waals surface area contributed by atoms with E-state index in [2.05, 4.69) is 0 Å². The van der Waals surface area contributed by atoms with Crippen LogP contribution in [0.1, 0.15) is 53.4 Å². The maximum absolute atomic E-state index is 11.2. The minimum absolute atomic E-state index is 0.239. The Bertz CT molecular complexity index is 315. The summed E-state index contributed by atoms with van der Waals surface area (Å²) in [6.45, 7) is 6.34. The van der Waals surface area contributed by atoms with Crippen molar-refractivity contribution in [3.05, 3.63) is 0 Å². The van der Waals surface area contributed by atoms with Gasteiger partial charge in [0.2, 0.25) is 23.6 Å². The van der Waals surface area contributed by atoms with E-state index in [0.717, 1.165) is 25.7 Å². The normalized spacial score (nSPS) is 10.0. The van der Waals surface area contributed by atoms with E-state index in [9.17, 15) is 19.2 Å². The topological polar surface area (TPSA) is 74.8 Å². The van der Waals surface area contributed by atoms with Crippen LogP contribution in [-0.2, 0) is 19.2 Å². The molecule has 0 aliphatic heterocycles. The smallest absolute Gasteiger partial charge is 0.226 e. The first-order valence-electron chi connectivity index (χ1n) is 6.84. The Morgan fingerprint density at radius 3 is 1.00 bits per heavy atom. The number of nitrogens with zero attached hydrogens (tertiary/aromatic N) is 2. The van der Waals surface area contributed by atoms with Crippen molar-refractivity contribution < 1.29 is 19.2 Å². The number of imide groups is 2. The standard InChI is InChI=1S/C14H24N2O4/c1-11(17)15(12(2)18)9-7-5-6-8-10-16(13(3)19)14(4)20/h5-10H2,1-4H3. The molecule has 0 aromatic heterocycles. The van der Waals surface area contributed by atoms with Crippen LogP contribution in [0.25, 0.3) is 0 Å². The summed E-state index contributed by atoms with van der Waals surface area (Å²) in [6, 6.07) is 0. The van der Waals surface area contributed by atoms with E-state index in [1.807, 2.05) is 0 Å². The molecule has 0 unspecified atom stereocenters. The molecule has 0 saturated heterocycles. The van der Waals surface area contributed by atoms with Crippen molar-refractivity contribution in [1.29, 1.82) is 0 Å². The summed E-state index contributed by atoms with van der Waals surface area (Å²) >= 11 is 0. The monoisotopic (exact) mass is 284 g/mol. The number of amides is 4. The van der Waals surface area contributed by atoms with Crippen LogP contribution in [0.15, 0.2) is 0 Å². The Balaban J connectivity index is 3.87. The lowest BCUT2D eigenvalue weighted by molar-refractivity contribution is -0.144. The van der Waals surface area contributed by atoms with Crippen molar-refractivity contribution in [3.8, 4) is 0 Å². The van der Waals surface area contributed by atoms with Gasteiger partial charge in [-0.05, 0) is 12.8 Å². The van der Waals surface area contributed by atoms with Gasteiger partial charge in [0.25, 0.3) is 0 Å². The van der Waals surface area contributed by atoms with Gasteiger partial charge in [-0.15, -0.1) is 0 Å². The van der Waals surface area contributed by atoms with Gasteiger partial charge >= 0.3 is 0 Å². The van der Waals surface area contributed by atoms with Crippen molar-refractivity contribution >= 4 is 23.6 Å². The Morgan fingerprint density at radius 1 is 0.550 bits per heavy atom. The molecule has 0 bridgehead atoms. The van der Waals surface area contributed by atoms with Gasteiger partial charge in [0.05, 0.1) is 0 Å². The van der Waals surface area contributed by atoms with Gasteiger partial charge in [-0.1, -0.05) is 12.8 Å². The van der Waals surface area contributed by atoms with Crippen molar-refractivity contribution in [2.75, 3.05) is 13.1 Å². The second kappa shape index (κ2) is 9.23. The predicted molar refractivity (Wildman–Crippen MR) is 74.6 cm³/mol. The van der Waals surface area contributed by atoms with Crippen molar-refractivity contribution in [1.82, 2.24) is 9.80 Å². The fourth-order valence-electron chi connectivity index (χ4n) is 1.97. The molecule has 0 fully saturated rings. The first kappa shape index (κ1) is 18.3. The maximum atomic E-state index is 11.2. The first-order valence-corrected chi connectivity index (χ1v) is 6.84. The van der Waals surface area contributed by atoms with E-state index >= 15 is 0 Å². The van der Waals surface area contributed by atoms with Crippen LogP contribution >= 0.6 is 0 Å². The summed E-state index contributed by atoms with van der Waals surface area (Å²) in [4.78, 5) is 47.1. The largest absolute Gasteiger partial charge is 0.283 e. The summed E-state index contributed by atoms with van der Waals surface area (Å²) in [5.74, 6) is -0.956. The molecule has 6 heteroatoms. The fraction of sp³-hybridized carbons (Fsp3) is 0.714. The molecule has 0 N–H and O–H groups in total. The average molecular weight is 284 g/mol. The molecular weight excluding hydrogens is 260 g/mol. The molecule has 6 nitrogen and oxygen atoms in total. The van der Waals surface area contributed by atoms with Crippen molar-refractivity contribution in [3.63, 3.8) is 0 Å². The molecule has 0 aromatic carbocycles. The Kier molecular flexibility index (Phi) is 8.43. The first-order chi connectivity index (χ1) is 9.27. The average Bonchev–Trinajstić information content (AvgIpc) is 2.30. The van der Waals surface area contributed by atoms with Gasteiger partial charge in [0.15, 0.2) is 0 Å². The van der Waals surface area contributed by atoms with Gasteiger partial charge < -0.3 is 0 Å². The van der Waals surface area contributed by atoms with Gasteiger partial charge in [-0.3, -0.25) is 29.0 Å². The van der Waals surface area contributed by atoms with Crippen molar-refractivity contribution in [2.45, 2.75) is 53.4 Å². The lowest BCUT2D eigenvalue weighted by Crippen LogP contribution is -2.34. The van der Waals surface area contributed by atoms with Crippen LogP contribution in [0.3, 0.4) is 0 Å². The number of hydrogen-bond donors (Lipinski definition) is 0. The maximum Gasteiger partial charge on any atom is 0.226 e. The van der Waals surface area contributed by atoms with Crippen LogP contribution in [0.2, 0.25) is 0 Å². The third-order valence-corrected chi connectivity index (χ3v) is 3.03.